The van der Waals surface area contributed by atoms with E-state index in [0.29, 0.717) is 0 Å². The lowest BCUT2D eigenvalue weighted by atomic mass is 9.96. The van der Waals surface area contributed by atoms with Crippen LogP contribution >= 0.6 is 0 Å². The van der Waals surface area contributed by atoms with Crippen molar-refractivity contribution >= 4 is 82.6 Å². The highest BCUT2D eigenvalue weighted by Gasteiger charge is 2.63. The summed E-state index contributed by atoms with van der Waals surface area (Å²) in [4.78, 5) is 169. The molecule has 2 aromatic carbocycles. The number of fused-ring (bicyclic) bond motifs is 1. The van der Waals surface area contributed by atoms with Gasteiger partial charge in [-0.1, -0.05) is 0 Å². The van der Waals surface area contributed by atoms with Gasteiger partial charge in [0, 0.05) is 101 Å². The van der Waals surface area contributed by atoms with Gasteiger partial charge in [-0.3, -0.25) is 62.3 Å². The fourth-order valence-electron chi connectivity index (χ4n) is 10.9. The smallest absolute Gasteiger partial charge is 0.308 e. The third-order valence-electron chi connectivity index (χ3n) is 14.3. The molecule has 530 valence electrons. The second kappa shape index (κ2) is 32.1. The fourth-order valence-corrected chi connectivity index (χ4v) is 10.9. The van der Waals surface area contributed by atoms with Crippen LogP contribution in [0.3, 0.4) is 0 Å². The maximum Gasteiger partial charge on any atom is 0.308 e. The molecule has 0 saturated carbocycles. The third-order valence-corrected chi connectivity index (χ3v) is 14.3. The normalized spacial score (nSPS) is 28.1. The Morgan fingerprint density at radius 1 is 0.485 bits per heavy atom. The number of esters is 12. The van der Waals surface area contributed by atoms with Crippen LogP contribution in [0.25, 0.3) is 22.3 Å². The zero-order valence-electron chi connectivity index (χ0n) is 54.9. The van der Waals surface area contributed by atoms with Gasteiger partial charge in [-0.2, -0.15) is 0 Å². The topological polar surface area (TPSA) is 429 Å². The molecule has 16 atom stereocenters. The predicted molar refractivity (Wildman–Crippen MR) is 311 cm³/mol. The fraction of sp³-hybridized carbons (Fsp3) is 0.565. The number of rotatable bonds is 25. The molecule has 2 unspecified atom stereocenters. The number of ether oxygens (including phenoxy) is 21. The lowest BCUT2D eigenvalue weighted by Crippen LogP contribution is -2.65. The molecule has 0 N–H and O–H groups in total. The van der Waals surface area contributed by atoms with Gasteiger partial charge in [0.1, 0.15) is 40.9 Å². The first kappa shape index (κ1) is 75.0. The van der Waals surface area contributed by atoms with E-state index < -0.39 is 224 Å². The van der Waals surface area contributed by atoms with E-state index in [1.165, 1.54) is 50.4 Å². The van der Waals surface area contributed by atoms with Crippen molar-refractivity contribution in [2.75, 3.05) is 40.1 Å². The molecule has 0 radical (unpaired) electrons. The van der Waals surface area contributed by atoms with Crippen molar-refractivity contribution in [3.8, 4) is 34.3 Å². The van der Waals surface area contributed by atoms with Crippen molar-refractivity contribution in [1.82, 2.24) is 0 Å². The molecule has 35 nitrogen and oxygen atoms in total. The molecule has 4 aliphatic rings. The summed E-state index contributed by atoms with van der Waals surface area (Å²) < 4.78 is 129. The van der Waals surface area contributed by atoms with E-state index >= 15 is 4.79 Å². The molecule has 3 aromatic rings. The van der Waals surface area contributed by atoms with Crippen LogP contribution in [0.2, 0.25) is 0 Å². The molecule has 4 aliphatic heterocycles. The molecule has 1 aromatic heterocycles. The Morgan fingerprint density at radius 3 is 1.52 bits per heavy atom. The van der Waals surface area contributed by atoms with Gasteiger partial charge < -0.3 is 104 Å². The maximum atomic E-state index is 15.2. The Bertz CT molecular complexity index is 3540. The van der Waals surface area contributed by atoms with E-state index in [2.05, 4.69) is 0 Å². The van der Waals surface area contributed by atoms with Crippen LogP contribution < -0.4 is 24.4 Å². The van der Waals surface area contributed by atoms with Gasteiger partial charge in [0.15, 0.2) is 67.4 Å². The summed E-state index contributed by atoms with van der Waals surface area (Å²) in [7, 11) is 1.28. The monoisotopic (exact) mass is 1380 g/mol. The number of carbonyl (C=O) groups is 12. The Balaban J connectivity index is 1.33. The summed E-state index contributed by atoms with van der Waals surface area (Å²) in [5.41, 5.74) is -5.57. The second-order valence-corrected chi connectivity index (χ2v) is 22.3. The van der Waals surface area contributed by atoms with Crippen LogP contribution in [0.4, 0.5) is 0 Å². The highest BCUT2D eigenvalue weighted by molar-refractivity contribution is 5.90. The van der Waals surface area contributed by atoms with Crippen LogP contribution in [0.1, 0.15) is 90.0 Å². The van der Waals surface area contributed by atoms with Crippen molar-refractivity contribution in [1.29, 1.82) is 0 Å². The first-order chi connectivity index (χ1) is 45.6. The van der Waals surface area contributed by atoms with Crippen molar-refractivity contribution in [3.63, 3.8) is 0 Å². The van der Waals surface area contributed by atoms with E-state index in [4.69, 9.17) is 104 Å². The first-order valence-electron chi connectivity index (χ1n) is 29.6. The minimum Gasteiger partial charge on any atom is -0.496 e. The van der Waals surface area contributed by atoms with Crippen molar-refractivity contribution < 1.29 is 161 Å². The van der Waals surface area contributed by atoms with Gasteiger partial charge in [0.25, 0.3) is 0 Å². The van der Waals surface area contributed by atoms with Crippen LogP contribution in [0, 0.1) is 0 Å². The van der Waals surface area contributed by atoms with Gasteiger partial charge in [0.2, 0.25) is 34.8 Å². The summed E-state index contributed by atoms with van der Waals surface area (Å²) in [5.74, 6) is -13.0. The van der Waals surface area contributed by atoms with Gasteiger partial charge in [-0.15, -0.1) is 0 Å². The molecule has 5 heterocycles. The number of carbonyl (C=O) groups excluding carboxylic acids is 12. The lowest BCUT2D eigenvalue weighted by Gasteiger charge is -2.46. The van der Waals surface area contributed by atoms with E-state index in [0.717, 1.165) is 83.1 Å². The number of methoxy groups -OCH3 is 1. The molecular formula is C62H72O35. The van der Waals surface area contributed by atoms with Crippen molar-refractivity contribution in [2.24, 2.45) is 0 Å². The van der Waals surface area contributed by atoms with Gasteiger partial charge in [0.05, 0.1) is 39.6 Å². The zero-order valence-corrected chi connectivity index (χ0v) is 54.9. The summed E-state index contributed by atoms with van der Waals surface area (Å²) >= 11 is 0. The number of hydrogen-bond acceptors (Lipinski definition) is 35. The second-order valence-electron chi connectivity index (χ2n) is 22.3. The Kier molecular flexibility index (Phi) is 24.8. The molecule has 0 spiro atoms. The predicted octanol–water partition coefficient (Wildman–Crippen LogP) is 1.99. The van der Waals surface area contributed by atoms with E-state index in [1.807, 2.05) is 0 Å². The zero-order chi connectivity index (χ0) is 71.5. The van der Waals surface area contributed by atoms with Gasteiger partial charge in [-0.25, -0.2) is 0 Å². The Hall–Kier alpha value is -9.39. The minimum atomic E-state index is -2.29. The van der Waals surface area contributed by atoms with E-state index in [1.54, 1.807) is 0 Å². The Morgan fingerprint density at radius 2 is 0.990 bits per heavy atom. The summed E-state index contributed by atoms with van der Waals surface area (Å²) in [6, 6.07) is 7.88. The third kappa shape index (κ3) is 18.8. The first-order valence-corrected chi connectivity index (χ1v) is 29.6. The molecule has 0 aliphatic carbocycles. The average Bonchev–Trinajstić information content (AvgIpc) is 1.58. The van der Waals surface area contributed by atoms with Crippen molar-refractivity contribution in [2.45, 2.75) is 187 Å². The molecular weight excluding hydrogens is 1300 g/mol. The van der Waals surface area contributed by atoms with Gasteiger partial charge >= 0.3 is 71.6 Å². The van der Waals surface area contributed by atoms with Crippen LogP contribution in [0.5, 0.6) is 23.0 Å². The molecule has 4 saturated heterocycles. The summed E-state index contributed by atoms with van der Waals surface area (Å²) in [6.45, 7) is 9.48. The Labute approximate surface area is 551 Å². The number of benzene rings is 2. The quantitative estimate of drug-likeness (QED) is 0.0665. The molecule has 4 fully saturated rings. The lowest BCUT2D eigenvalue weighted by molar-refractivity contribution is -0.344. The largest absolute Gasteiger partial charge is 0.496 e. The highest BCUT2D eigenvalue weighted by Crippen LogP contribution is 2.43. The molecule has 0 amide bonds. The maximum absolute atomic E-state index is 15.2. The summed E-state index contributed by atoms with van der Waals surface area (Å²) in [6.07, 6.45) is -25.8. The van der Waals surface area contributed by atoms with Crippen molar-refractivity contribution in [3.05, 3.63) is 46.6 Å². The summed E-state index contributed by atoms with van der Waals surface area (Å²) in [5, 5.41) is -0.416. The SMILES string of the molecule is COc1cc(OC(C)=O)c2c(=O)c(O[C@@H]3O[C@H](CO[C@@H]4O[C@@H](C)[C@H](OC(C)=O)[C@@H](OC(C)=O)[C@H]4OC4OC[C@@](COC5OC[C@@](COC(C)=O)(OC(C)=O)[C@H]5OC(C)=O)(OC(C)=O)[C@H]4OC(C)=O)[C@@H](OC(C)=O)[C@H](OC(C)=O)[C@H]3OC(C)=O)c(-c3ccc(OC(C)=O)cc3)oc2c1. The van der Waals surface area contributed by atoms with Crippen LogP contribution in [0.15, 0.2) is 45.6 Å². The molecule has 0 bridgehead atoms. The van der Waals surface area contributed by atoms with E-state index in [-0.39, 0.29) is 28.4 Å². The molecule has 7 rings (SSSR count). The van der Waals surface area contributed by atoms with E-state index in [9.17, 15) is 57.5 Å². The molecule has 35 heteroatoms. The minimum absolute atomic E-state index is 0.0503. The molecule has 97 heavy (non-hydrogen) atoms. The standard InChI is InChI=1S/C62H72O35/c1-26-47(85-30(5)66)51(87-32(7)68)53(95-60-56(91-36(11)72)62(25-81-60,97-38(13)74)24-80-59-55(90-35(10)71)61(23-79-59,96-37(12)73)22-78-27(2)63)57(82-26)77-21-44-49(86-31(6)67)52(88-33(8)69)54(89-34(9)70)58(93-44)94-50-46(75)45-42(84-29(4)65)19-41(76-14)20-43(45)92-48(50)39-15-17-40(18-16-39)83-28(3)64/h15-20,26,44,47,49,51-60H,21-25H2,1-14H3/t26-,44+,47-,49+,51+,52-,53+,54+,55-,56-,57+,58-,59?,60?,61+,62+/m0/s1. The van der Waals surface area contributed by atoms with Crippen LogP contribution in [-0.2, 0) is 138 Å². The highest BCUT2D eigenvalue weighted by atomic mass is 16.8. The van der Waals surface area contributed by atoms with Crippen LogP contribution in [-0.4, -0.2) is 209 Å². The van der Waals surface area contributed by atoms with Gasteiger partial charge in [-0.05, 0) is 31.2 Å². The average molecular weight is 1380 g/mol. The number of hydrogen-bond donors (Lipinski definition) is 0.